The summed E-state index contributed by atoms with van der Waals surface area (Å²) in [4.78, 5) is 24.6. The third-order valence-electron chi connectivity index (χ3n) is 2.63. The molecule has 6 nitrogen and oxygen atoms in total. The minimum atomic E-state index is -3.01. The van der Waals surface area contributed by atoms with E-state index in [-0.39, 0.29) is 24.1 Å². The molecule has 1 atom stereocenters. The van der Waals surface area contributed by atoms with Crippen LogP contribution in [0.2, 0.25) is 0 Å². The van der Waals surface area contributed by atoms with E-state index in [1.807, 2.05) is 6.92 Å². The Morgan fingerprint density at radius 1 is 1.41 bits per heavy atom. The van der Waals surface area contributed by atoms with Gasteiger partial charge in [0.1, 0.15) is 15.9 Å². The molecule has 7 heteroatoms. The van der Waals surface area contributed by atoms with Gasteiger partial charge >= 0.3 is 0 Å². The molecular formula is C10H18N2O4S. The first-order chi connectivity index (χ1) is 7.83. The van der Waals surface area contributed by atoms with Crippen molar-refractivity contribution >= 4 is 21.7 Å². The summed E-state index contributed by atoms with van der Waals surface area (Å²) < 4.78 is 21.9. The van der Waals surface area contributed by atoms with E-state index in [0.29, 0.717) is 19.4 Å². The highest BCUT2D eigenvalue weighted by molar-refractivity contribution is 7.90. The van der Waals surface area contributed by atoms with Crippen molar-refractivity contribution in [1.82, 2.24) is 10.2 Å². The van der Waals surface area contributed by atoms with Crippen molar-refractivity contribution in [3.05, 3.63) is 0 Å². The molecule has 0 radical (unpaired) electrons. The number of amides is 2. The highest BCUT2D eigenvalue weighted by Crippen LogP contribution is 2.06. The minimum absolute atomic E-state index is 0.0269. The second kappa shape index (κ2) is 5.48. The Labute approximate surface area is 101 Å². The van der Waals surface area contributed by atoms with Crippen LogP contribution >= 0.6 is 0 Å². The quantitative estimate of drug-likeness (QED) is 0.700. The number of hydrogen-bond acceptors (Lipinski definition) is 4. The summed E-state index contributed by atoms with van der Waals surface area (Å²) >= 11 is 0. The number of carbonyl (C=O) groups is 2. The number of rotatable bonds is 5. The Kier molecular flexibility index (Phi) is 4.50. The van der Waals surface area contributed by atoms with Crippen LogP contribution in [0.3, 0.4) is 0 Å². The maximum absolute atomic E-state index is 11.8. The van der Waals surface area contributed by atoms with Crippen LogP contribution in [0.15, 0.2) is 0 Å². The Bertz CT molecular complexity index is 405. The summed E-state index contributed by atoms with van der Waals surface area (Å²) in [6.45, 7) is 2.16. The van der Waals surface area contributed by atoms with Gasteiger partial charge in [-0.3, -0.25) is 9.59 Å². The molecule has 2 amide bonds. The molecule has 0 aliphatic carbocycles. The van der Waals surface area contributed by atoms with Crippen molar-refractivity contribution in [2.24, 2.45) is 0 Å². The molecule has 1 fully saturated rings. The highest BCUT2D eigenvalue weighted by Gasteiger charge is 2.30. The first-order valence-electron chi connectivity index (χ1n) is 5.59. The Hall–Kier alpha value is -1.11. The third kappa shape index (κ3) is 4.33. The smallest absolute Gasteiger partial charge is 0.245 e. The molecule has 1 heterocycles. The molecule has 0 saturated carbocycles. The lowest BCUT2D eigenvalue weighted by Gasteiger charge is -2.32. The predicted octanol–water partition coefficient (Wildman–Crippen LogP) is -0.842. The highest BCUT2D eigenvalue weighted by atomic mass is 32.2. The molecule has 1 aliphatic rings. The number of sulfone groups is 1. The fraction of sp³-hybridized carbons (Fsp3) is 0.800. The van der Waals surface area contributed by atoms with Gasteiger partial charge in [-0.05, 0) is 12.8 Å². The average Bonchev–Trinajstić information content (AvgIpc) is 2.20. The van der Waals surface area contributed by atoms with Crippen molar-refractivity contribution in [2.45, 2.75) is 25.8 Å². The van der Waals surface area contributed by atoms with E-state index in [1.165, 1.54) is 4.90 Å². The zero-order valence-electron chi connectivity index (χ0n) is 10.1. The second-order valence-corrected chi connectivity index (χ2v) is 6.53. The van der Waals surface area contributed by atoms with Gasteiger partial charge in [0.2, 0.25) is 11.8 Å². The molecular weight excluding hydrogens is 244 g/mol. The molecule has 1 rings (SSSR count). The molecule has 0 aromatic carbocycles. The predicted molar refractivity (Wildman–Crippen MR) is 63.1 cm³/mol. The molecule has 1 aliphatic heterocycles. The maximum atomic E-state index is 11.8. The van der Waals surface area contributed by atoms with Gasteiger partial charge < -0.3 is 10.2 Å². The van der Waals surface area contributed by atoms with Gasteiger partial charge in [-0.2, -0.15) is 0 Å². The molecule has 1 N–H and O–H groups in total. The fourth-order valence-electron chi connectivity index (χ4n) is 1.76. The van der Waals surface area contributed by atoms with Gasteiger partial charge in [-0.1, -0.05) is 6.92 Å². The number of piperazine rings is 1. The molecule has 1 unspecified atom stereocenters. The van der Waals surface area contributed by atoms with Gasteiger partial charge in [0, 0.05) is 12.8 Å². The summed E-state index contributed by atoms with van der Waals surface area (Å²) in [5.74, 6) is -0.272. The van der Waals surface area contributed by atoms with E-state index < -0.39 is 15.9 Å². The summed E-state index contributed by atoms with van der Waals surface area (Å²) in [5.41, 5.74) is 0. The lowest BCUT2D eigenvalue weighted by molar-refractivity contribution is -0.144. The Morgan fingerprint density at radius 3 is 2.59 bits per heavy atom. The van der Waals surface area contributed by atoms with Crippen molar-refractivity contribution < 1.29 is 18.0 Å². The Morgan fingerprint density at radius 2 is 2.06 bits per heavy atom. The summed E-state index contributed by atoms with van der Waals surface area (Å²) in [6.07, 6.45) is 2.08. The second-order valence-electron chi connectivity index (χ2n) is 4.27. The van der Waals surface area contributed by atoms with Crippen LogP contribution in [-0.2, 0) is 19.4 Å². The lowest BCUT2D eigenvalue weighted by Crippen LogP contribution is -2.57. The van der Waals surface area contributed by atoms with Crippen molar-refractivity contribution in [2.75, 3.05) is 25.1 Å². The first-order valence-corrected chi connectivity index (χ1v) is 7.65. The van der Waals surface area contributed by atoms with Gasteiger partial charge in [0.05, 0.1) is 12.3 Å². The van der Waals surface area contributed by atoms with Gasteiger partial charge in [0.15, 0.2) is 0 Å². The molecule has 0 aromatic heterocycles. The zero-order chi connectivity index (χ0) is 13.1. The standard InChI is InChI=1S/C10H18N2O4S/c1-3-8-10(14)12(7-9(13)11-8)5-4-6-17(2,15)16/h8H,3-7H2,1-2H3,(H,11,13). The first kappa shape index (κ1) is 14.0. The summed E-state index contributed by atoms with van der Waals surface area (Å²) in [6, 6.07) is -0.463. The molecule has 17 heavy (non-hydrogen) atoms. The average molecular weight is 262 g/mol. The van der Waals surface area contributed by atoms with Gasteiger partial charge in [0.25, 0.3) is 0 Å². The van der Waals surface area contributed by atoms with Crippen molar-refractivity contribution in [3.8, 4) is 0 Å². The van der Waals surface area contributed by atoms with Crippen molar-refractivity contribution in [1.29, 1.82) is 0 Å². The fourth-order valence-corrected chi connectivity index (χ4v) is 2.41. The van der Waals surface area contributed by atoms with Crippen LogP contribution in [0.5, 0.6) is 0 Å². The SMILES string of the molecule is CCC1NC(=O)CN(CCCS(C)(=O)=O)C1=O. The Balaban J connectivity index is 2.52. The summed E-state index contributed by atoms with van der Waals surface area (Å²) in [7, 11) is -3.01. The molecule has 0 bridgehead atoms. The van der Waals surface area contributed by atoms with E-state index in [1.54, 1.807) is 0 Å². The monoisotopic (exact) mass is 262 g/mol. The maximum Gasteiger partial charge on any atom is 0.245 e. The lowest BCUT2D eigenvalue weighted by atomic mass is 10.1. The number of carbonyl (C=O) groups excluding carboxylic acids is 2. The van der Waals surface area contributed by atoms with E-state index >= 15 is 0 Å². The van der Waals surface area contributed by atoms with Crippen LogP contribution in [0.25, 0.3) is 0 Å². The molecule has 0 aromatic rings. The topological polar surface area (TPSA) is 83.6 Å². The van der Waals surface area contributed by atoms with E-state index in [2.05, 4.69) is 5.32 Å². The molecule has 0 spiro atoms. The van der Waals surface area contributed by atoms with Crippen molar-refractivity contribution in [3.63, 3.8) is 0 Å². The van der Waals surface area contributed by atoms with Gasteiger partial charge in [-0.15, -0.1) is 0 Å². The number of nitrogens with one attached hydrogen (secondary N) is 1. The van der Waals surface area contributed by atoms with Gasteiger partial charge in [-0.25, -0.2) is 8.42 Å². The van der Waals surface area contributed by atoms with Crippen LogP contribution in [0.4, 0.5) is 0 Å². The number of hydrogen-bond donors (Lipinski definition) is 1. The van der Waals surface area contributed by atoms with Crippen LogP contribution in [0.1, 0.15) is 19.8 Å². The largest absolute Gasteiger partial charge is 0.343 e. The normalized spacial score (nSPS) is 21.5. The number of nitrogens with zero attached hydrogens (tertiary/aromatic N) is 1. The molecule has 98 valence electrons. The van der Waals surface area contributed by atoms with Crippen LogP contribution in [-0.4, -0.2) is 56.3 Å². The van der Waals surface area contributed by atoms with E-state index in [9.17, 15) is 18.0 Å². The van der Waals surface area contributed by atoms with E-state index in [4.69, 9.17) is 0 Å². The van der Waals surface area contributed by atoms with E-state index in [0.717, 1.165) is 6.26 Å². The summed E-state index contributed by atoms with van der Waals surface area (Å²) in [5, 5.41) is 2.60. The zero-order valence-corrected chi connectivity index (χ0v) is 10.9. The van der Waals surface area contributed by atoms with Crippen LogP contribution < -0.4 is 5.32 Å². The van der Waals surface area contributed by atoms with Crippen LogP contribution in [0, 0.1) is 0 Å². The minimum Gasteiger partial charge on any atom is -0.343 e. The third-order valence-corrected chi connectivity index (χ3v) is 3.66. The molecule has 1 saturated heterocycles.